The van der Waals surface area contributed by atoms with Crippen LogP contribution in [-0.4, -0.2) is 39.2 Å². The van der Waals surface area contributed by atoms with E-state index in [4.69, 9.17) is 0 Å². The molecule has 132 valence electrons. The lowest BCUT2D eigenvalue weighted by Gasteiger charge is -2.49. The molecule has 0 saturated carbocycles. The predicted octanol–water partition coefficient (Wildman–Crippen LogP) is 4.70. The van der Waals surface area contributed by atoms with Gasteiger partial charge in [0.2, 0.25) is 0 Å². The van der Waals surface area contributed by atoms with Crippen LogP contribution in [0.3, 0.4) is 0 Å². The molecule has 1 rings (SSSR count). The maximum atomic E-state index is 13.2. The highest BCUT2D eigenvalue weighted by atomic mass is 127. The fourth-order valence-corrected chi connectivity index (χ4v) is 1.91. The number of ether oxygens (including phenoxy) is 1. The number of rotatable bonds is 3. The third-order valence-corrected chi connectivity index (χ3v) is 2.64. The largest absolute Gasteiger partial charge is 0.439 e. The summed E-state index contributed by atoms with van der Waals surface area (Å²) in [6, 6.07) is -19.5. The summed E-state index contributed by atoms with van der Waals surface area (Å²) >= 11 is -0.0967. The first-order valence-electron chi connectivity index (χ1n) is 4.74. The molecule has 0 amide bonds. The second-order valence-electron chi connectivity index (χ2n) is 4.01. The van der Waals surface area contributed by atoms with E-state index < -0.39 is 45.6 Å². The molecule has 0 aliphatic carbocycles. The summed E-state index contributed by atoms with van der Waals surface area (Å²) < 4.78 is 152. The fraction of sp³-hybridized carbons (Fsp3) is 1.00. The van der Waals surface area contributed by atoms with Gasteiger partial charge in [0.05, 0.1) is 6.42 Å². The van der Waals surface area contributed by atoms with Crippen LogP contribution >= 0.6 is 22.6 Å². The van der Waals surface area contributed by atoms with Crippen LogP contribution in [0, 0.1) is 0 Å². The van der Waals surface area contributed by atoms with Crippen molar-refractivity contribution in [3.8, 4) is 0 Å². The fourth-order valence-electron chi connectivity index (χ4n) is 1.45. The van der Waals surface area contributed by atoms with E-state index in [0.29, 0.717) is 0 Å². The quantitative estimate of drug-likeness (QED) is 0.256. The average molecular weight is 471 g/mol. The van der Waals surface area contributed by atoms with Gasteiger partial charge in [-0.05, 0) is 22.6 Å². The van der Waals surface area contributed by atoms with Crippen molar-refractivity contribution in [1.29, 1.82) is 0 Å². The van der Waals surface area contributed by atoms with Gasteiger partial charge < -0.3 is 0 Å². The minimum absolute atomic E-state index is 0.0967. The lowest BCUT2D eigenvalue weighted by molar-refractivity contribution is -0.586. The average Bonchev–Trinajstić information content (AvgIpc) is 2.06. The van der Waals surface area contributed by atoms with Crippen LogP contribution in [0.15, 0.2) is 0 Å². The van der Waals surface area contributed by atoms with E-state index >= 15 is 0 Å². The van der Waals surface area contributed by atoms with Crippen molar-refractivity contribution in [1.82, 2.24) is 4.90 Å². The third kappa shape index (κ3) is 3.07. The lowest BCUT2D eigenvalue weighted by atomic mass is 10.2. The molecule has 0 N–H and O–H groups in total. The van der Waals surface area contributed by atoms with Gasteiger partial charge in [0.15, 0.2) is 0 Å². The van der Waals surface area contributed by atoms with Gasteiger partial charge in [-0.2, -0.15) is 52.7 Å². The van der Waals surface area contributed by atoms with Crippen molar-refractivity contribution in [2.45, 2.75) is 40.7 Å². The highest BCUT2D eigenvalue weighted by Gasteiger charge is 2.87. The number of morpholine rings is 1. The van der Waals surface area contributed by atoms with E-state index in [0.717, 1.165) is 0 Å². The van der Waals surface area contributed by atoms with Crippen molar-refractivity contribution in [3.05, 3.63) is 0 Å². The molecule has 1 aliphatic heterocycles. The maximum Gasteiger partial charge on any atom is 0.439 e. The first-order valence-corrected chi connectivity index (χ1v) is 5.82. The minimum Gasteiger partial charge on any atom is -0.243 e. The predicted molar refractivity (Wildman–Crippen MR) is 51.2 cm³/mol. The zero-order valence-corrected chi connectivity index (χ0v) is 11.6. The van der Waals surface area contributed by atoms with Crippen LogP contribution in [0.5, 0.6) is 0 Å². The molecule has 1 heterocycles. The van der Waals surface area contributed by atoms with Crippen molar-refractivity contribution in [3.63, 3.8) is 0 Å². The minimum atomic E-state index is -6.70. The van der Waals surface area contributed by atoms with Gasteiger partial charge in [0.25, 0.3) is 0 Å². The van der Waals surface area contributed by atoms with Crippen molar-refractivity contribution < 1.29 is 57.4 Å². The molecule has 2 nitrogen and oxygen atoms in total. The third-order valence-electron chi connectivity index (χ3n) is 2.26. The first-order chi connectivity index (χ1) is 9.28. The Morgan fingerprint density at radius 2 is 1.09 bits per heavy atom. The van der Waals surface area contributed by atoms with Crippen molar-refractivity contribution >= 4 is 22.6 Å². The van der Waals surface area contributed by atoms with E-state index in [1.54, 1.807) is 0 Å². The monoisotopic (exact) mass is 471 g/mol. The first kappa shape index (κ1) is 19.9. The summed E-state index contributed by atoms with van der Waals surface area (Å²) in [4.78, 5) is -3.25. The van der Waals surface area contributed by atoms with Gasteiger partial charge in [-0.25, -0.2) is 4.74 Å². The molecule has 0 bridgehead atoms. The molecular weight excluding hydrogens is 469 g/mol. The zero-order chi connectivity index (χ0) is 18.0. The SMILES string of the molecule is FC(F)(I)CC(F)(F)N1C(F)(F)C(F)(F)OC(F)(F)C1(F)F. The van der Waals surface area contributed by atoms with Crippen LogP contribution in [0.4, 0.5) is 52.7 Å². The smallest absolute Gasteiger partial charge is 0.243 e. The lowest BCUT2D eigenvalue weighted by Crippen LogP contribution is -2.77. The number of halogens is 13. The van der Waals surface area contributed by atoms with Crippen LogP contribution in [0.2, 0.25) is 0 Å². The highest BCUT2D eigenvalue weighted by molar-refractivity contribution is 14.1. The van der Waals surface area contributed by atoms with Crippen LogP contribution in [-0.2, 0) is 4.74 Å². The van der Waals surface area contributed by atoms with Gasteiger partial charge in [-0.3, -0.25) is 0 Å². The van der Waals surface area contributed by atoms with Crippen LogP contribution < -0.4 is 0 Å². The zero-order valence-electron chi connectivity index (χ0n) is 9.48. The molecule has 0 radical (unpaired) electrons. The van der Waals surface area contributed by atoms with Gasteiger partial charge in [-0.15, -0.1) is 4.90 Å². The van der Waals surface area contributed by atoms with Gasteiger partial charge in [0.1, 0.15) is 0 Å². The number of hydrogen-bond donors (Lipinski definition) is 0. The molecule has 15 heteroatoms. The van der Waals surface area contributed by atoms with Gasteiger partial charge in [-0.1, -0.05) is 0 Å². The molecule has 0 aromatic rings. The van der Waals surface area contributed by atoms with Crippen LogP contribution in [0.1, 0.15) is 6.42 Å². The van der Waals surface area contributed by atoms with Crippen molar-refractivity contribution in [2.24, 2.45) is 0 Å². The number of alkyl halides is 13. The molecule has 0 unspecified atom stereocenters. The topological polar surface area (TPSA) is 12.5 Å². The highest BCUT2D eigenvalue weighted by Crippen LogP contribution is 2.59. The summed E-state index contributed by atoms with van der Waals surface area (Å²) in [5.74, 6) is 0. The normalized spacial score (nSPS) is 27.7. The summed E-state index contributed by atoms with van der Waals surface area (Å²) in [7, 11) is 0. The molecular formula is C7H2F12INO. The number of nitrogens with zero attached hydrogens (tertiary/aromatic N) is 1. The molecule has 0 aromatic heterocycles. The Bertz CT molecular complexity index is 419. The Kier molecular flexibility index (Phi) is 4.43. The van der Waals surface area contributed by atoms with Gasteiger partial charge in [0, 0.05) is 0 Å². The molecule has 1 aliphatic rings. The Balaban J connectivity index is 3.50. The van der Waals surface area contributed by atoms with Gasteiger partial charge >= 0.3 is 34.3 Å². The Hall–Kier alpha value is -0.190. The molecule has 1 saturated heterocycles. The molecule has 1 fully saturated rings. The Labute approximate surface area is 126 Å². The Morgan fingerprint density at radius 1 is 0.773 bits per heavy atom. The summed E-state index contributed by atoms with van der Waals surface area (Å²) in [6.45, 7) is 0. The van der Waals surface area contributed by atoms with E-state index in [2.05, 4.69) is 0 Å². The standard InChI is InChI=1S/C7H2F12INO/c8-2(9,20)1-3(10,11)21-4(12,13)6(16,17)22-7(18,19)5(21,14)15/h1H2. The van der Waals surface area contributed by atoms with Crippen molar-refractivity contribution in [2.75, 3.05) is 0 Å². The van der Waals surface area contributed by atoms with E-state index in [1.165, 1.54) is 0 Å². The molecule has 0 atom stereocenters. The van der Waals surface area contributed by atoms with E-state index in [9.17, 15) is 52.7 Å². The number of hydrogen-bond acceptors (Lipinski definition) is 2. The maximum absolute atomic E-state index is 13.2. The Morgan fingerprint density at radius 3 is 1.36 bits per heavy atom. The van der Waals surface area contributed by atoms with E-state index in [-0.39, 0.29) is 22.6 Å². The molecule has 0 aromatic carbocycles. The second-order valence-corrected chi connectivity index (χ2v) is 5.59. The summed E-state index contributed by atoms with van der Waals surface area (Å²) in [5.41, 5.74) is 0. The summed E-state index contributed by atoms with van der Waals surface area (Å²) in [6.07, 6.45) is -16.2. The molecule has 22 heavy (non-hydrogen) atoms. The second kappa shape index (κ2) is 4.90. The van der Waals surface area contributed by atoms with Crippen LogP contribution in [0.25, 0.3) is 0 Å². The molecule has 0 spiro atoms. The van der Waals surface area contributed by atoms with E-state index in [1.807, 2.05) is 4.74 Å². The summed E-state index contributed by atoms with van der Waals surface area (Å²) in [5, 5.41) is 0.